The monoisotopic (exact) mass is 225 g/mol. The van der Waals surface area contributed by atoms with Gasteiger partial charge in [0.05, 0.1) is 19.3 Å². The zero-order valence-corrected chi connectivity index (χ0v) is 9.05. The van der Waals surface area contributed by atoms with Gasteiger partial charge in [0.15, 0.2) is 0 Å². The lowest BCUT2D eigenvalue weighted by atomic mass is 10.0. The molecule has 1 fully saturated rings. The molecule has 1 heterocycles. The molecule has 5 heteroatoms. The quantitative estimate of drug-likeness (QED) is 0.534. The van der Waals surface area contributed by atoms with Crippen LogP contribution in [0.2, 0.25) is 0 Å². The van der Waals surface area contributed by atoms with E-state index in [1.807, 2.05) is 6.92 Å². The third kappa shape index (κ3) is 3.51. The Morgan fingerprint density at radius 2 is 2.12 bits per heavy atom. The van der Waals surface area contributed by atoms with E-state index in [4.69, 9.17) is 9.84 Å². The number of carboxylic acid groups (broad SMARTS) is 1. The molecule has 0 bridgehead atoms. The second-order valence-corrected chi connectivity index (χ2v) is 3.48. The minimum atomic E-state index is -0.944. The number of hydrogen-bond donors (Lipinski definition) is 2. The van der Waals surface area contributed by atoms with Crippen LogP contribution in [-0.2, 0) is 14.3 Å². The van der Waals surface area contributed by atoms with Crippen molar-refractivity contribution in [1.82, 2.24) is 5.32 Å². The number of carbonyl (C=O) groups excluding carboxylic acids is 1. The first-order valence-electron chi connectivity index (χ1n) is 5.05. The van der Waals surface area contributed by atoms with E-state index in [9.17, 15) is 9.59 Å². The Kier molecular flexibility index (Phi) is 4.72. The fraction of sp³-hybridized carbons (Fsp3) is 0.455. The van der Waals surface area contributed by atoms with Crippen LogP contribution < -0.4 is 5.32 Å². The van der Waals surface area contributed by atoms with Gasteiger partial charge in [0.25, 0.3) is 0 Å². The van der Waals surface area contributed by atoms with Gasteiger partial charge in [0, 0.05) is 6.08 Å². The van der Waals surface area contributed by atoms with Crippen LogP contribution in [0.4, 0.5) is 0 Å². The lowest BCUT2D eigenvalue weighted by Crippen LogP contribution is -2.41. The number of carbonyl (C=O) groups is 2. The maximum absolute atomic E-state index is 11.4. The number of carboxylic acids is 1. The van der Waals surface area contributed by atoms with Crippen LogP contribution in [0.3, 0.4) is 0 Å². The standard InChI is InChI=1S/C11H15NO4/c1-2-3-4-5-10(13)12-9-7-16-6-8(9)11(14)15/h2-5,8-9H,6-7H2,1H3,(H,12,13)(H,14,15). The first-order valence-corrected chi connectivity index (χ1v) is 5.05. The number of hydrogen-bond acceptors (Lipinski definition) is 3. The van der Waals surface area contributed by atoms with Crippen molar-refractivity contribution in [2.45, 2.75) is 13.0 Å². The highest BCUT2D eigenvalue weighted by atomic mass is 16.5. The second kappa shape index (κ2) is 6.07. The predicted molar refractivity (Wildman–Crippen MR) is 57.8 cm³/mol. The normalized spacial score (nSPS) is 25.3. The highest BCUT2D eigenvalue weighted by Gasteiger charge is 2.34. The van der Waals surface area contributed by atoms with E-state index in [0.29, 0.717) is 0 Å². The van der Waals surface area contributed by atoms with Crippen molar-refractivity contribution in [3.8, 4) is 0 Å². The summed E-state index contributed by atoms with van der Waals surface area (Å²) >= 11 is 0. The Labute approximate surface area is 93.8 Å². The Balaban J connectivity index is 2.47. The van der Waals surface area contributed by atoms with E-state index in [2.05, 4.69) is 5.32 Å². The third-order valence-corrected chi connectivity index (χ3v) is 2.28. The lowest BCUT2D eigenvalue weighted by Gasteiger charge is -2.13. The molecule has 1 rings (SSSR count). The van der Waals surface area contributed by atoms with Crippen molar-refractivity contribution in [2.24, 2.45) is 5.92 Å². The molecular formula is C11H15NO4. The second-order valence-electron chi connectivity index (χ2n) is 3.48. The minimum Gasteiger partial charge on any atom is -0.481 e. The molecule has 88 valence electrons. The van der Waals surface area contributed by atoms with Gasteiger partial charge in [-0.1, -0.05) is 18.2 Å². The predicted octanol–water partition coefficient (Wildman–Crippen LogP) is 0.334. The van der Waals surface area contributed by atoms with Gasteiger partial charge in [0.2, 0.25) is 5.91 Å². The summed E-state index contributed by atoms with van der Waals surface area (Å²) < 4.78 is 5.02. The highest BCUT2D eigenvalue weighted by molar-refractivity contribution is 5.88. The van der Waals surface area contributed by atoms with Gasteiger partial charge < -0.3 is 15.2 Å². The van der Waals surface area contributed by atoms with E-state index in [1.54, 1.807) is 18.2 Å². The third-order valence-electron chi connectivity index (χ3n) is 2.28. The molecule has 0 radical (unpaired) electrons. The molecule has 0 aromatic heterocycles. The van der Waals surface area contributed by atoms with Crippen LogP contribution in [0.5, 0.6) is 0 Å². The topological polar surface area (TPSA) is 75.6 Å². The first kappa shape index (κ1) is 12.4. The number of amides is 1. The molecule has 0 aromatic carbocycles. The van der Waals surface area contributed by atoms with Crippen LogP contribution in [-0.4, -0.2) is 36.2 Å². The molecule has 2 unspecified atom stereocenters. The molecular weight excluding hydrogens is 210 g/mol. The number of allylic oxidation sites excluding steroid dienone is 3. The molecule has 1 aliphatic heterocycles. The summed E-state index contributed by atoms with van der Waals surface area (Å²) in [5.74, 6) is -1.90. The lowest BCUT2D eigenvalue weighted by molar-refractivity contribution is -0.142. The zero-order valence-electron chi connectivity index (χ0n) is 9.05. The summed E-state index contributed by atoms with van der Waals surface area (Å²) in [7, 11) is 0. The maximum atomic E-state index is 11.4. The summed E-state index contributed by atoms with van der Waals surface area (Å²) in [4.78, 5) is 22.2. The molecule has 5 nitrogen and oxygen atoms in total. The van der Waals surface area contributed by atoms with Crippen molar-refractivity contribution in [1.29, 1.82) is 0 Å². The Bertz CT molecular complexity index is 322. The van der Waals surface area contributed by atoms with Crippen molar-refractivity contribution in [3.63, 3.8) is 0 Å². The largest absolute Gasteiger partial charge is 0.481 e. The number of rotatable bonds is 4. The number of ether oxygens (including phenoxy) is 1. The summed E-state index contributed by atoms with van der Waals surface area (Å²) in [6.07, 6.45) is 6.47. The average Bonchev–Trinajstić information content (AvgIpc) is 2.66. The summed E-state index contributed by atoms with van der Waals surface area (Å²) in [6, 6.07) is -0.444. The van der Waals surface area contributed by atoms with Crippen molar-refractivity contribution >= 4 is 11.9 Å². The molecule has 0 aromatic rings. The molecule has 1 aliphatic rings. The smallest absolute Gasteiger partial charge is 0.311 e. The van der Waals surface area contributed by atoms with Crippen LogP contribution in [0, 0.1) is 5.92 Å². The fourth-order valence-corrected chi connectivity index (χ4v) is 1.42. The van der Waals surface area contributed by atoms with Gasteiger partial charge in [-0.15, -0.1) is 0 Å². The summed E-state index contributed by atoms with van der Waals surface area (Å²) in [5, 5.41) is 11.5. The summed E-state index contributed by atoms with van der Waals surface area (Å²) in [6.45, 7) is 2.24. The van der Waals surface area contributed by atoms with E-state index < -0.39 is 17.9 Å². The Morgan fingerprint density at radius 1 is 1.38 bits per heavy atom. The van der Waals surface area contributed by atoms with E-state index in [-0.39, 0.29) is 19.1 Å². The molecule has 1 saturated heterocycles. The van der Waals surface area contributed by atoms with Gasteiger partial charge in [0.1, 0.15) is 5.92 Å². The van der Waals surface area contributed by atoms with Crippen molar-refractivity contribution in [3.05, 3.63) is 24.3 Å². The van der Waals surface area contributed by atoms with Gasteiger partial charge in [-0.2, -0.15) is 0 Å². The summed E-state index contributed by atoms with van der Waals surface area (Å²) in [5.41, 5.74) is 0. The van der Waals surface area contributed by atoms with Crippen LogP contribution in [0.1, 0.15) is 6.92 Å². The molecule has 0 aliphatic carbocycles. The molecule has 2 N–H and O–H groups in total. The highest BCUT2D eigenvalue weighted by Crippen LogP contribution is 2.13. The van der Waals surface area contributed by atoms with Gasteiger partial charge in [-0.05, 0) is 6.92 Å². The van der Waals surface area contributed by atoms with Crippen LogP contribution in [0.25, 0.3) is 0 Å². The molecule has 1 amide bonds. The van der Waals surface area contributed by atoms with E-state index in [1.165, 1.54) is 6.08 Å². The van der Waals surface area contributed by atoms with Gasteiger partial charge in [-0.25, -0.2) is 0 Å². The minimum absolute atomic E-state index is 0.152. The van der Waals surface area contributed by atoms with Gasteiger partial charge in [-0.3, -0.25) is 9.59 Å². The molecule has 2 atom stereocenters. The Morgan fingerprint density at radius 3 is 2.75 bits per heavy atom. The van der Waals surface area contributed by atoms with Crippen LogP contribution in [0.15, 0.2) is 24.3 Å². The van der Waals surface area contributed by atoms with E-state index >= 15 is 0 Å². The van der Waals surface area contributed by atoms with Gasteiger partial charge >= 0.3 is 5.97 Å². The number of nitrogens with one attached hydrogen (secondary N) is 1. The molecule has 0 spiro atoms. The fourth-order valence-electron chi connectivity index (χ4n) is 1.42. The molecule has 16 heavy (non-hydrogen) atoms. The Hall–Kier alpha value is -1.62. The maximum Gasteiger partial charge on any atom is 0.311 e. The van der Waals surface area contributed by atoms with Crippen LogP contribution >= 0.6 is 0 Å². The first-order chi connectivity index (χ1) is 7.65. The van der Waals surface area contributed by atoms with Crippen molar-refractivity contribution < 1.29 is 19.4 Å². The van der Waals surface area contributed by atoms with Crippen molar-refractivity contribution in [2.75, 3.05) is 13.2 Å². The zero-order chi connectivity index (χ0) is 12.0. The number of aliphatic carboxylic acids is 1. The van der Waals surface area contributed by atoms with E-state index in [0.717, 1.165) is 0 Å². The average molecular weight is 225 g/mol. The SMILES string of the molecule is CC=CC=CC(=O)NC1COCC1C(=O)O. The molecule has 0 saturated carbocycles.